The molecule has 1 heterocycles. The molecule has 1 fully saturated rings. The summed E-state index contributed by atoms with van der Waals surface area (Å²) in [6.45, 7) is 2.48. The number of carbonyl (C=O) groups excluding carboxylic acids is 1. The van der Waals surface area contributed by atoms with Crippen LogP contribution >= 0.6 is 0 Å². The highest BCUT2D eigenvalue weighted by Crippen LogP contribution is 2.30. The van der Waals surface area contributed by atoms with Gasteiger partial charge in [-0.05, 0) is 37.5 Å². The first-order chi connectivity index (χ1) is 12.3. The van der Waals surface area contributed by atoms with Crippen LogP contribution in [0.25, 0.3) is 0 Å². The van der Waals surface area contributed by atoms with Crippen LogP contribution in [0.4, 0.5) is 0 Å². The molecule has 0 aliphatic carbocycles. The molecule has 1 amide bonds. The number of rotatable bonds is 8. The fourth-order valence-electron chi connectivity index (χ4n) is 2.65. The molecular formula is C17H24N2O6S. The van der Waals surface area contributed by atoms with Crippen LogP contribution < -0.4 is 10.0 Å². The normalized spacial score (nSPS) is 16.8. The Morgan fingerprint density at radius 1 is 1.19 bits per heavy atom. The Hall–Kier alpha value is -1.97. The van der Waals surface area contributed by atoms with Crippen molar-refractivity contribution in [2.24, 2.45) is 5.41 Å². The van der Waals surface area contributed by atoms with Crippen LogP contribution in [0.2, 0.25) is 0 Å². The van der Waals surface area contributed by atoms with Crippen molar-refractivity contribution in [3.63, 3.8) is 0 Å². The van der Waals surface area contributed by atoms with E-state index in [1.54, 1.807) is 31.2 Å². The fourth-order valence-corrected chi connectivity index (χ4v) is 3.24. The molecular weight excluding hydrogens is 360 g/mol. The molecule has 0 spiro atoms. The van der Waals surface area contributed by atoms with Crippen molar-refractivity contribution < 1.29 is 27.9 Å². The van der Waals surface area contributed by atoms with Crippen LogP contribution in [0.1, 0.15) is 35.7 Å². The summed E-state index contributed by atoms with van der Waals surface area (Å²) in [5.74, 6) is -1.29. The molecule has 1 aromatic rings. The van der Waals surface area contributed by atoms with E-state index in [1.165, 1.54) is 0 Å². The third kappa shape index (κ3) is 5.26. The van der Waals surface area contributed by atoms with E-state index in [0.29, 0.717) is 31.6 Å². The zero-order chi connectivity index (χ0) is 19.2. The van der Waals surface area contributed by atoms with Crippen LogP contribution in [0.5, 0.6) is 0 Å². The predicted molar refractivity (Wildman–Crippen MR) is 95.2 cm³/mol. The van der Waals surface area contributed by atoms with Crippen molar-refractivity contribution in [3.05, 3.63) is 35.4 Å². The van der Waals surface area contributed by atoms with E-state index >= 15 is 0 Å². The number of amides is 1. The molecule has 1 aliphatic rings. The van der Waals surface area contributed by atoms with E-state index in [1.807, 2.05) is 0 Å². The maximum Gasteiger partial charge on any atom is 0.311 e. The number of hydrogen-bond acceptors (Lipinski definition) is 5. The van der Waals surface area contributed by atoms with E-state index in [2.05, 4.69) is 10.0 Å². The first kappa shape index (κ1) is 20.3. The number of benzene rings is 1. The van der Waals surface area contributed by atoms with Crippen LogP contribution in [-0.4, -0.2) is 50.9 Å². The molecule has 0 radical (unpaired) electrons. The fraction of sp³-hybridized carbons (Fsp3) is 0.529. The lowest BCUT2D eigenvalue weighted by Gasteiger charge is -2.33. The number of carboxylic acid groups (broad SMARTS) is 1. The Morgan fingerprint density at radius 2 is 1.81 bits per heavy atom. The van der Waals surface area contributed by atoms with Crippen LogP contribution in [-0.2, 0) is 26.1 Å². The average Bonchev–Trinajstić information content (AvgIpc) is 2.65. The molecule has 0 unspecified atom stereocenters. The van der Waals surface area contributed by atoms with E-state index in [4.69, 9.17) is 4.74 Å². The standard InChI is InChI=1S/C17H24N2O6S/c1-2-26(23,24)19-11-13-3-5-14(6-4-13)15(20)18-12-17(16(21)22)7-9-25-10-8-17/h3-6,19H,2,7-12H2,1H3,(H,18,20)(H,21,22). The third-order valence-electron chi connectivity index (χ3n) is 4.58. The SMILES string of the molecule is CCS(=O)(=O)NCc1ccc(C(=O)NCC2(C(=O)O)CCOCC2)cc1. The summed E-state index contributed by atoms with van der Waals surface area (Å²) in [5, 5.41) is 12.2. The quantitative estimate of drug-likeness (QED) is 0.608. The second-order valence-corrected chi connectivity index (χ2v) is 8.40. The van der Waals surface area contributed by atoms with Gasteiger partial charge in [0, 0.05) is 31.9 Å². The lowest BCUT2D eigenvalue weighted by molar-refractivity contribution is -0.154. The summed E-state index contributed by atoms with van der Waals surface area (Å²) < 4.78 is 30.5. The minimum absolute atomic E-state index is 0.00383. The summed E-state index contributed by atoms with van der Waals surface area (Å²) in [6.07, 6.45) is 0.720. The van der Waals surface area contributed by atoms with Gasteiger partial charge in [0.1, 0.15) is 0 Å². The Bertz CT molecular complexity index is 739. The highest BCUT2D eigenvalue weighted by atomic mass is 32.2. The summed E-state index contributed by atoms with van der Waals surface area (Å²) in [4.78, 5) is 23.9. The molecule has 3 N–H and O–H groups in total. The monoisotopic (exact) mass is 384 g/mol. The molecule has 8 nitrogen and oxygen atoms in total. The number of hydrogen-bond donors (Lipinski definition) is 3. The van der Waals surface area contributed by atoms with Gasteiger partial charge in [-0.2, -0.15) is 0 Å². The van der Waals surface area contributed by atoms with E-state index < -0.39 is 21.4 Å². The molecule has 2 rings (SSSR count). The average molecular weight is 384 g/mol. The maximum absolute atomic E-state index is 12.3. The molecule has 1 aliphatic heterocycles. The number of sulfonamides is 1. The van der Waals surface area contributed by atoms with Crippen molar-refractivity contribution >= 4 is 21.9 Å². The number of nitrogens with one attached hydrogen (secondary N) is 2. The van der Waals surface area contributed by atoms with Crippen LogP contribution in [0.15, 0.2) is 24.3 Å². The highest BCUT2D eigenvalue weighted by Gasteiger charge is 2.40. The lowest BCUT2D eigenvalue weighted by atomic mass is 9.80. The summed E-state index contributed by atoms with van der Waals surface area (Å²) in [7, 11) is -3.28. The van der Waals surface area contributed by atoms with Gasteiger partial charge >= 0.3 is 5.97 Å². The van der Waals surface area contributed by atoms with Crippen molar-refractivity contribution in [3.8, 4) is 0 Å². The molecule has 0 atom stereocenters. The van der Waals surface area contributed by atoms with E-state index in [0.717, 1.165) is 5.56 Å². The van der Waals surface area contributed by atoms with Gasteiger partial charge in [0.25, 0.3) is 5.91 Å². The van der Waals surface area contributed by atoms with Gasteiger partial charge in [0.15, 0.2) is 0 Å². The smallest absolute Gasteiger partial charge is 0.311 e. The summed E-state index contributed by atoms with van der Waals surface area (Å²) in [5.41, 5.74) is 0.122. The largest absolute Gasteiger partial charge is 0.481 e. The molecule has 0 bridgehead atoms. The van der Waals surface area contributed by atoms with E-state index in [-0.39, 0.29) is 24.7 Å². The molecule has 0 saturated carbocycles. The van der Waals surface area contributed by atoms with Crippen molar-refractivity contribution in [1.82, 2.24) is 10.0 Å². The zero-order valence-electron chi connectivity index (χ0n) is 14.7. The Morgan fingerprint density at radius 3 is 2.35 bits per heavy atom. The van der Waals surface area contributed by atoms with E-state index in [9.17, 15) is 23.1 Å². The second-order valence-electron chi connectivity index (χ2n) is 6.30. The molecule has 26 heavy (non-hydrogen) atoms. The van der Waals surface area contributed by atoms with Crippen molar-refractivity contribution in [2.45, 2.75) is 26.3 Å². The lowest BCUT2D eigenvalue weighted by Crippen LogP contribution is -2.46. The Balaban J connectivity index is 1.94. The number of carboxylic acids is 1. The van der Waals surface area contributed by atoms with Crippen LogP contribution in [0, 0.1) is 5.41 Å². The molecule has 0 aromatic heterocycles. The topological polar surface area (TPSA) is 122 Å². The summed E-state index contributed by atoms with van der Waals surface area (Å²) >= 11 is 0. The van der Waals surface area contributed by atoms with Gasteiger partial charge in [-0.25, -0.2) is 13.1 Å². The Kier molecular flexibility index (Phi) is 6.74. The zero-order valence-corrected chi connectivity index (χ0v) is 15.5. The molecule has 144 valence electrons. The highest BCUT2D eigenvalue weighted by molar-refractivity contribution is 7.89. The third-order valence-corrected chi connectivity index (χ3v) is 5.93. The first-order valence-electron chi connectivity index (χ1n) is 8.44. The van der Waals surface area contributed by atoms with Gasteiger partial charge in [0.05, 0.1) is 11.2 Å². The van der Waals surface area contributed by atoms with Gasteiger partial charge in [-0.3, -0.25) is 9.59 Å². The van der Waals surface area contributed by atoms with Gasteiger partial charge in [-0.1, -0.05) is 12.1 Å². The number of ether oxygens (including phenoxy) is 1. The molecule has 1 saturated heterocycles. The molecule has 9 heteroatoms. The van der Waals surface area contributed by atoms with Crippen molar-refractivity contribution in [2.75, 3.05) is 25.5 Å². The predicted octanol–water partition coefficient (Wildman–Crippen LogP) is 0.737. The number of carbonyl (C=O) groups is 2. The minimum atomic E-state index is -3.28. The Labute approximate surface area is 153 Å². The van der Waals surface area contributed by atoms with Gasteiger partial charge < -0.3 is 15.2 Å². The van der Waals surface area contributed by atoms with Gasteiger partial charge in [-0.15, -0.1) is 0 Å². The van der Waals surface area contributed by atoms with Crippen molar-refractivity contribution in [1.29, 1.82) is 0 Å². The summed E-state index contributed by atoms with van der Waals surface area (Å²) in [6, 6.07) is 6.49. The minimum Gasteiger partial charge on any atom is -0.481 e. The number of aliphatic carboxylic acids is 1. The first-order valence-corrected chi connectivity index (χ1v) is 10.1. The second kappa shape index (κ2) is 8.61. The maximum atomic E-state index is 12.3. The van der Waals surface area contributed by atoms with Crippen LogP contribution in [0.3, 0.4) is 0 Å². The molecule has 1 aromatic carbocycles. The van der Waals surface area contributed by atoms with Gasteiger partial charge in [0.2, 0.25) is 10.0 Å².